The molecule has 2 aromatic heterocycles. The number of nitrogens with zero attached hydrogens (tertiary/aromatic N) is 3. The summed E-state index contributed by atoms with van der Waals surface area (Å²) in [7, 11) is 0. The van der Waals surface area contributed by atoms with E-state index in [-0.39, 0.29) is 11.6 Å². The van der Waals surface area contributed by atoms with Crippen LogP contribution in [0.5, 0.6) is 0 Å². The summed E-state index contributed by atoms with van der Waals surface area (Å²) in [5, 5.41) is 15.5. The minimum atomic E-state index is 0.0141. The molecule has 2 aromatic rings. The topological polar surface area (TPSA) is 58.5 Å². The highest BCUT2D eigenvalue weighted by Crippen LogP contribution is 2.23. The van der Waals surface area contributed by atoms with Crippen LogP contribution in [-0.4, -0.2) is 26.0 Å². The zero-order valence-electron chi connectivity index (χ0n) is 14.9. The van der Waals surface area contributed by atoms with E-state index in [2.05, 4.69) is 72.9 Å². The van der Waals surface area contributed by atoms with Gasteiger partial charge in [0.1, 0.15) is 0 Å². The van der Waals surface area contributed by atoms with Crippen LogP contribution in [0.1, 0.15) is 63.3 Å². The predicted molar refractivity (Wildman–Crippen MR) is 90.0 cm³/mol. The van der Waals surface area contributed by atoms with Crippen molar-refractivity contribution in [3.63, 3.8) is 0 Å². The number of hydrogen-bond acceptors (Lipinski definition) is 3. The number of aromatic amines is 1. The smallest absolute Gasteiger partial charge is 0.0640 e. The monoisotopic (exact) mass is 303 g/mol. The normalized spacial score (nSPS) is 15.0. The number of hydrogen-bond donors (Lipinski definition) is 2. The van der Waals surface area contributed by atoms with Crippen LogP contribution >= 0.6 is 0 Å². The molecule has 0 bridgehead atoms. The molecule has 2 N–H and O–H groups in total. The first kappa shape index (κ1) is 16.7. The van der Waals surface area contributed by atoms with Gasteiger partial charge in [-0.25, -0.2) is 0 Å². The summed E-state index contributed by atoms with van der Waals surface area (Å²) in [5.74, 6) is 0. The van der Waals surface area contributed by atoms with Gasteiger partial charge in [-0.3, -0.25) is 9.78 Å². The lowest BCUT2D eigenvalue weighted by Gasteiger charge is -2.23. The molecule has 122 valence electrons. The van der Waals surface area contributed by atoms with E-state index < -0.39 is 0 Å². The fourth-order valence-corrected chi connectivity index (χ4v) is 2.99. The second kappa shape index (κ2) is 6.24. The predicted octanol–water partition coefficient (Wildman–Crippen LogP) is 3.26. The number of aromatic nitrogens is 4. The minimum absolute atomic E-state index is 0.0141. The van der Waals surface area contributed by atoms with E-state index in [0.29, 0.717) is 6.04 Å². The molecule has 0 aromatic carbocycles. The number of aryl methyl sites for hydroxylation is 1. The van der Waals surface area contributed by atoms with Crippen LogP contribution in [0.25, 0.3) is 0 Å². The van der Waals surface area contributed by atoms with Crippen molar-refractivity contribution in [1.82, 2.24) is 25.3 Å². The Bertz CT molecular complexity index is 617. The Morgan fingerprint density at radius 2 is 1.95 bits per heavy atom. The summed E-state index contributed by atoms with van der Waals surface area (Å²) in [6.07, 6.45) is 2.91. The van der Waals surface area contributed by atoms with Crippen LogP contribution in [0.3, 0.4) is 0 Å². The molecule has 2 rings (SSSR count). The zero-order valence-corrected chi connectivity index (χ0v) is 14.9. The Morgan fingerprint density at radius 1 is 1.27 bits per heavy atom. The third-order valence-corrected chi connectivity index (χ3v) is 3.96. The van der Waals surface area contributed by atoms with Crippen molar-refractivity contribution in [2.45, 2.75) is 72.5 Å². The molecule has 0 aliphatic carbocycles. The largest absolute Gasteiger partial charge is 0.307 e. The average molecular weight is 303 g/mol. The van der Waals surface area contributed by atoms with E-state index in [1.54, 1.807) is 0 Å². The van der Waals surface area contributed by atoms with E-state index in [1.807, 2.05) is 13.1 Å². The molecule has 2 unspecified atom stereocenters. The maximum absolute atomic E-state index is 4.56. The highest BCUT2D eigenvalue weighted by Gasteiger charge is 2.21. The SMILES string of the molecule is Cc1cc(CC(C)NC(C)c2cnn(C(C)(C)C)c2C)n[nH]1. The van der Waals surface area contributed by atoms with Gasteiger partial charge in [-0.15, -0.1) is 0 Å². The first-order valence-electron chi connectivity index (χ1n) is 8.00. The summed E-state index contributed by atoms with van der Waals surface area (Å²) in [5.41, 5.74) is 4.72. The third kappa shape index (κ3) is 3.77. The molecule has 5 heteroatoms. The van der Waals surface area contributed by atoms with Crippen molar-refractivity contribution in [3.05, 3.63) is 34.9 Å². The lowest BCUT2D eigenvalue weighted by molar-refractivity contribution is 0.346. The van der Waals surface area contributed by atoms with Crippen LogP contribution in [0.4, 0.5) is 0 Å². The van der Waals surface area contributed by atoms with E-state index >= 15 is 0 Å². The van der Waals surface area contributed by atoms with Gasteiger partial charge in [0.05, 0.1) is 17.4 Å². The van der Waals surface area contributed by atoms with Crippen molar-refractivity contribution in [2.24, 2.45) is 0 Å². The number of rotatable bonds is 5. The second-order valence-electron chi connectivity index (χ2n) is 7.30. The van der Waals surface area contributed by atoms with Gasteiger partial charge in [0.15, 0.2) is 0 Å². The van der Waals surface area contributed by atoms with Gasteiger partial charge >= 0.3 is 0 Å². The molecule has 5 nitrogen and oxygen atoms in total. The fraction of sp³-hybridized carbons (Fsp3) is 0.647. The van der Waals surface area contributed by atoms with Crippen LogP contribution < -0.4 is 5.32 Å². The average Bonchev–Trinajstić information content (AvgIpc) is 2.94. The highest BCUT2D eigenvalue weighted by molar-refractivity contribution is 5.21. The lowest BCUT2D eigenvalue weighted by Crippen LogP contribution is -2.31. The van der Waals surface area contributed by atoms with E-state index in [4.69, 9.17) is 0 Å². The third-order valence-electron chi connectivity index (χ3n) is 3.96. The minimum Gasteiger partial charge on any atom is -0.307 e. The van der Waals surface area contributed by atoms with Gasteiger partial charge in [0.25, 0.3) is 0 Å². The zero-order chi connectivity index (χ0) is 16.5. The van der Waals surface area contributed by atoms with E-state index in [9.17, 15) is 0 Å². The lowest BCUT2D eigenvalue weighted by atomic mass is 10.1. The molecule has 0 fully saturated rings. The molecule has 2 atom stereocenters. The van der Waals surface area contributed by atoms with Gasteiger partial charge in [0.2, 0.25) is 0 Å². The maximum atomic E-state index is 4.56. The van der Waals surface area contributed by atoms with Crippen LogP contribution in [0.2, 0.25) is 0 Å². The molecule has 0 amide bonds. The molecule has 0 saturated heterocycles. The van der Waals surface area contributed by atoms with Crippen molar-refractivity contribution >= 4 is 0 Å². The van der Waals surface area contributed by atoms with Crippen molar-refractivity contribution < 1.29 is 0 Å². The Labute approximate surface area is 133 Å². The molecule has 0 spiro atoms. The highest BCUT2D eigenvalue weighted by atomic mass is 15.3. The molecule has 22 heavy (non-hydrogen) atoms. The van der Waals surface area contributed by atoms with Crippen LogP contribution in [-0.2, 0) is 12.0 Å². The van der Waals surface area contributed by atoms with Crippen LogP contribution in [0.15, 0.2) is 12.3 Å². The van der Waals surface area contributed by atoms with Crippen molar-refractivity contribution in [1.29, 1.82) is 0 Å². The van der Waals surface area contributed by atoms with Gasteiger partial charge in [0, 0.05) is 35.5 Å². The quantitative estimate of drug-likeness (QED) is 0.891. The Hall–Kier alpha value is -1.62. The van der Waals surface area contributed by atoms with E-state index in [1.165, 1.54) is 11.3 Å². The molecule has 0 radical (unpaired) electrons. The molecule has 2 heterocycles. The Balaban J connectivity index is 2.03. The Kier molecular flexibility index (Phi) is 4.75. The summed E-state index contributed by atoms with van der Waals surface area (Å²) < 4.78 is 2.10. The Morgan fingerprint density at radius 3 is 2.45 bits per heavy atom. The fourth-order valence-electron chi connectivity index (χ4n) is 2.99. The van der Waals surface area contributed by atoms with Gasteiger partial charge in [-0.05, 0) is 54.5 Å². The first-order chi connectivity index (χ1) is 10.2. The van der Waals surface area contributed by atoms with Crippen LogP contribution in [0, 0.1) is 13.8 Å². The summed E-state index contributed by atoms with van der Waals surface area (Å²) in [4.78, 5) is 0. The maximum Gasteiger partial charge on any atom is 0.0640 e. The van der Waals surface area contributed by atoms with Gasteiger partial charge < -0.3 is 5.32 Å². The second-order valence-corrected chi connectivity index (χ2v) is 7.30. The molecule has 0 saturated carbocycles. The summed E-state index contributed by atoms with van der Waals surface area (Å²) in [6, 6.07) is 2.73. The summed E-state index contributed by atoms with van der Waals surface area (Å²) in [6.45, 7) is 15.1. The van der Waals surface area contributed by atoms with E-state index in [0.717, 1.165) is 17.8 Å². The molecule has 0 aliphatic heterocycles. The van der Waals surface area contributed by atoms with Gasteiger partial charge in [-0.1, -0.05) is 0 Å². The molecule has 0 aliphatic rings. The standard InChI is InChI=1S/C17H29N5/c1-11(8-15-9-12(2)20-21-15)19-13(3)16-10-18-22(14(16)4)17(5,6)7/h9-11,13,19H,8H2,1-7H3,(H,20,21). The first-order valence-corrected chi connectivity index (χ1v) is 8.00. The van der Waals surface area contributed by atoms with Crippen molar-refractivity contribution in [2.75, 3.05) is 0 Å². The summed E-state index contributed by atoms with van der Waals surface area (Å²) >= 11 is 0. The number of nitrogens with one attached hydrogen (secondary N) is 2. The van der Waals surface area contributed by atoms with Crippen molar-refractivity contribution in [3.8, 4) is 0 Å². The molecular weight excluding hydrogens is 274 g/mol. The molecular formula is C17H29N5. The number of H-pyrrole nitrogens is 1. The van der Waals surface area contributed by atoms with Gasteiger partial charge in [-0.2, -0.15) is 10.2 Å².